The van der Waals surface area contributed by atoms with E-state index in [1.807, 2.05) is 24.3 Å². The summed E-state index contributed by atoms with van der Waals surface area (Å²) in [4.78, 5) is 54.3. The lowest BCUT2D eigenvalue weighted by Gasteiger charge is -2.33. The highest BCUT2D eigenvalue weighted by Gasteiger charge is 2.47. The molecule has 15 heteroatoms. The van der Waals surface area contributed by atoms with Crippen LogP contribution < -0.4 is 30.1 Å². The lowest BCUT2D eigenvalue weighted by atomic mass is 9.88. The second-order valence-corrected chi connectivity index (χ2v) is 11.3. The monoisotopic (exact) mass is 633 g/mol. The molecule has 0 bridgehead atoms. The summed E-state index contributed by atoms with van der Waals surface area (Å²) in [6.07, 6.45) is 3.32. The van der Waals surface area contributed by atoms with Gasteiger partial charge in [0.15, 0.2) is 29.8 Å². The molecule has 2 amide bonds. The number of rotatable bonds is 8. The number of hydrogen-bond acceptors (Lipinski definition) is 10. The number of nitrogens with zero attached hydrogens (tertiary/aromatic N) is 6. The van der Waals surface area contributed by atoms with Gasteiger partial charge in [-0.2, -0.15) is 4.98 Å². The molecule has 4 heterocycles. The molecule has 2 aliphatic heterocycles. The number of fused-ring (bicyclic) bond motifs is 3. The third kappa shape index (κ3) is 5.46. The van der Waals surface area contributed by atoms with E-state index < -0.39 is 29.4 Å². The first-order valence-electron chi connectivity index (χ1n) is 14.8. The molecule has 2 aromatic carbocycles. The summed E-state index contributed by atoms with van der Waals surface area (Å²) in [6, 6.07) is 8.93. The number of methoxy groups -OCH3 is 1. The third-order valence-corrected chi connectivity index (χ3v) is 8.54. The second kappa shape index (κ2) is 12.0. The molecular weight excluding hydrogens is 604 g/mol. The first-order chi connectivity index (χ1) is 22.3. The van der Waals surface area contributed by atoms with Crippen LogP contribution in [-0.2, 0) is 22.6 Å². The summed E-state index contributed by atoms with van der Waals surface area (Å²) < 4.78 is 45.5. The average Bonchev–Trinajstić information content (AvgIpc) is 3.39. The molecule has 1 saturated carbocycles. The van der Waals surface area contributed by atoms with Crippen LogP contribution >= 0.6 is 0 Å². The van der Waals surface area contributed by atoms with Crippen LogP contribution in [0.2, 0.25) is 0 Å². The SMILES string of the molecule is COc1ccc(CN2C(=O)COc3cnc(N4C(=O)O[C@H]5C[C@@H](NCCn6c(=O)cnc7cc(F)c(F)cc76)CC[C@@H]54)nc32)cc1. The van der Waals surface area contributed by atoms with Crippen LogP contribution in [0.5, 0.6) is 11.5 Å². The molecule has 13 nitrogen and oxygen atoms in total. The first-order valence-corrected chi connectivity index (χ1v) is 14.8. The van der Waals surface area contributed by atoms with Crippen molar-refractivity contribution in [1.82, 2.24) is 24.8 Å². The molecular formula is C31H29F2N7O6. The summed E-state index contributed by atoms with van der Waals surface area (Å²) >= 11 is 0. The first kappa shape index (κ1) is 29.5. The number of nitrogens with one attached hydrogen (secondary N) is 1. The van der Waals surface area contributed by atoms with Gasteiger partial charge in [-0.05, 0) is 30.5 Å². The summed E-state index contributed by atoms with van der Waals surface area (Å²) in [5, 5.41) is 3.39. The van der Waals surface area contributed by atoms with E-state index in [4.69, 9.17) is 14.2 Å². The van der Waals surface area contributed by atoms with Crippen molar-refractivity contribution in [2.75, 3.05) is 30.1 Å². The van der Waals surface area contributed by atoms with Gasteiger partial charge >= 0.3 is 6.09 Å². The van der Waals surface area contributed by atoms with Crippen LogP contribution in [0.4, 0.5) is 25.3 Å². The third-order valence-electron chi connectivity index (χ3n) is 8.54. The lowest BCUT2D eigenvalue weighted by Crippen LogP contribution is -2.47. The van der Waals surface area contributed by atoms with E-state index in [0.29, 0.717) is 37.3 Å². The number of anilines is 2. The molecule has 1 saturated heterocycles. The molecule has 0 spiro atoms. The molecule has 2 fully saturated rings. The van der Waals surface area contributed by atoms with Crippen molar-refractivity contribution in [2.45, 2.75) is 50.5 Å². The largest absolute Gasteiger partial charge is 0.497 e. The highest BCUT2D eigenvalue weighted by atomic mass is 19.2. The topological polar surface area (TPSA) is 141 Å². The zero-order valence-corrected chi connectivity index (χ0v) is 24.7. The van der Waals surface area contributed by atoms with Gasteiger partial charge in [0, 0.05) is 37.7 Å². The molecule has 238 valence electrons. The zero-order chi connectivity index (χ0) is 31.9. The van der Waals surface area contributed by atoms with Gasteiger partial charge in [-0.3, -0.25) is 14.5 Å². The minimum atomic E-state index is -1.06. The number of hydrogen-bond donors (Lipinski definition) is 1. The highest BCUT2D eigenvalue weighted by molar-refractivity contribution is 5.97. The molecule has 0 unspecified atom stereocenters. The van der Waals surface area contributed by atoms with Crippen molar-refractivity contribution in [3.05, 3.63) is 76.3 Å². The summed E-state index contributed by atoms with van der Waals surface area (Å²) in [7, 11) is 1.58. The summed E-state index contributed by atoms with van der Waals surface area (Å²) in [5.74, 6) is -0.947. The summed E-state index contributed by atoms with van der Waals surface area (Å²) in [5.41, 5.74) is 0.818. The molecule has 3 atom stereocenters. The fraction of sp³-hybridized carbons (Fsp3) is 0.355. The van der Waals surface area contributed by atoms with Gasteiger partial charge in [-0.15, -0.1) is 0 Å². The van der Waals surface area contributed by atoms with Crippen molar-refractivity contribution in [3.8, 4) is 11.5 Å². The van der Waals surface area contributed by atoms with E-state index in [1.165, 1.54) is 20.6 Å². The Labute approximate surface area is 260 Å². The van der Waals surface area contributed by atoms with Gasteiger partial charge in [0.25, 0.3) is 11.5 Å². The van der Waals surface area contributed by atoms with Crippen LogP contribution in [-0.4, -0.2) is 70.0 Å². The van der Waals surface area contributed by atoms with Crippen LogP contribution in [0.1, 0.15) is 24.8 Å². The van der Waals surface area contributed by atoms with Gasteiger partial charge in [-0.25, -0.2) is 28.4 Å². The normalized spacial score (nSPS) is 20.7. The molecule has 0 radical (unpaired) electrons. The van der Waals surface area contributed by atoms with E-state index in [0.717, 1.165) is 23.9 Å². The molecule has 4 aromatic rings. The van der Waals surface area contributed by atoms with Crippen LogP contribution in [0.25, 0.3) is 11.0 Å². The van der Waals surface area contributed by atoms with Gasteiger partial charge in [0.2, 0.25) is 5.95 Å². The second-order valence-electron chi connectivity index (χ2n) is 11.3. The van der Waals surface area contributed by atoms with E-state index in [-0.39, 0.29) is 60.5 Å². The highest BCUT2D eigenvalue weighted by Crippen LogP contribution is 2.37. The maximum absolute atomic E-state index is 13.9. The number of carbonyl (C=O) groups excluding carboxylic acids is 2. The smallest absolute Gasteiger partial charge is 0.417 e. The van der Waals surface area contributed by atoms with E-state index in [9.17, 15) is 23.2 Å². The molecule has 3 aliphatic rings. The molecule has 46 heavy (non-hydrogen) atoms. The molecule has 1 aliphatic carbocycles. The number of ether oxygens (including phenoxy) is 3. The van der Waals surface area contributed by atoms with Crippen LogP contribution in [0.3, 0.4) is 0 Å². The fourth-order valence-corrected chi connectivity index (χ4v) is 6.22. The van der Waals surface area contributed by atoms with E-state index >= 15 is 0 Å². The Morgan fingerprint density at radius 1 is 1.04 bits per heavy atom. The predicted molar refractivity (Wildman–Crippen MR) is 160 cm³/mol. The Kier molecular flexibility index (Phi) is 7.68. The van der Waals surface area contributed by atoms with Crippen LogP contribution in [0.15, 0.2) is 53.6 Å². The predicted octanol–water partition coefficient (Wildman–Crippen LogP) is 2.94. The van der Waals surface area contributed by atoms with Gasteiger partial charge < -0.3 is 24.1 Å². The standard InChI is InChI=1S/C31H29F2N7O6/c1-44-19-5-2-17(3-6-19)15-39-28(42)16-45-26-13-36-30(37-29(26)39)40-23-7-4-18(10-25(23)46-31(40)43)34-8-9-38-24-12-21(33)20(32)11-22(24)35-14-27(38)41/h2-3,5-6,11-14,18,23,25,34H,4,7-10,15-16H2,1H3/t18-,23-,25-/m0/s1. The van der Waals surface area contributed by atoms with E-state index in [1.54, 1.807) is 7.11 Å². The Balaban J connectivity index is 1.03. The number of aromatic nitrogens is 4. The maximum Gasteiger partial charge on any atom is 0.417 e. The maximum atomic E-state index is 13.9. The Morgan fingerprint density at radius 2 is 1.85 bits per heavy atom. The van der Waals surface area contributed by atoms with Crippen LogP contribution in [0, 0.1) is 11.6 Å². The Morgan fingerprint density at radius 3 is 2.65 bits per heavy atom. The number of benzene rings is 2. The van der Waals surface area contributed by atoms with Crippen molar-refractivity contribution in [2.24, 2.45) is 0 Å². The van der Waals surface area contributed by atoms with Gasteiger partial charge in [0.05, 0.1) is 43.1 Å². The van der Waals surface area contributed by atoms with Gasteiger partial charge in [-0.1, -0.05) is 12.1 Å². The fourth-order valence-electron chi connectivity index (χ4n) is 6.22. The number of carbonyl (C=O) groups is 2. The summed E-state index contributed by atoms with van der Waals surface area (Å²) in [6.45, 7) is 0.658. The lowest BCUT2D eigenvalue weighted by molar-refractivity contribution is -0.121. The zero-order valence-electron chi connectivity index (χ0n) is 24.7. The van der Waals surface area contributed by atoms with Crippen molar-refractivity contribution < 1.29 is 32.6 Å². The minimum absolute atomic E-state index is 0.0255. The quantitative estimate of drug-likeness (QED) is 0.308. The van der Waals surface area contributed by atoms with Crippen molar-refractivity contribution >= 4 is 34.8 Å². The van der Waals surface area contributed by atoms with Crippen molar-refractivity contribution in [1.29, 1.82) is 0 Å². The Hall–Kier alpha value is -5.18. The average molecular weight is 634 g/mol. The molecule has 1 N–H and O–H groups in total. The minimum Gasteiger partial charge on any atom is -0.497 e. The Bertz CT molecular complexity index is 1890. The number of halogens is 2. The van der Waals surface area contributed by atoms with E-state index in [2.05, 4.69) is 20.3 Å². The molecule has 2 aromatic heterocycles. The number of amides is 2. The van der Waals surface area contributed by atoms with Gasteiger partial charge in [0.1, 0.15) is 11.9 Å². The molecule has 7 rings (SSSR count). The van der Waals surface area contributed by atoms with Crippen molar-refractivity contribution in [3.63, 3.8) is 0 Å².